The van der Waals surface area contributed by atoms with Crippen LogP contribution < -0.4 is 31.7 Å². The maximum absolute atomic E-state index is 14.8. The van der Waals surface area contributed by atoms with E-state index in [1.54, 1.807) is 24.8 Å². The number of benzene rings is 1. The molecule has 0 bridgehead atoms. The Morgan fingerprint density at radius 1 is 1.17 bits per heavy atom. The Bertz CT molecular complexity index is 1970. The van der Waals surface area contributed by atoms with E-state index in [-0.39, 0.29) is 11.9 Å². The first-order valence-electron chi connectivity index (χ1n) is 15.4. The van der Waals surface area contributed by atoms with Crippen molar-refractivity contribution in [3.8, 4) is 28.4 Å². The van der Waals surface area contributed by atoms with Gasteiger partial charge in [0, 0.05) is 53.7 Å². The summed E-state index contributed by atoms with van der Waals surface area (Å²) in [5.41, 5.74) is 11.7. The van der Waals surface area contributed by atoms with Crippen molar-refractivity contribution in [1.29, 1.82) is 0 Å². The molecule has 6 rings (SSSR count). The van der Waals surface area contributed by atoms with Crippen LogP contribution >= 0.6 is 0 Å². The van der Waals surface area contributed by atoms with E-state index in [2.05, 4.69) is 40.7 Å². The minimum atomic E-state index is -0.331. The second kappa shape index (κ2) is 13.9. The van der Waals surface area contributed by atoms with Crippen molar-refractivity contribution in [3.05, 3.63) is 77.1 Å². The van der Waals surface area contributed by atoms with Gasteiger partial charge in [0.25, 0.3) is 0 Å². The van der Waals surface area contributed by atoms with E-state index in [4.69, 9.17) is 15.5 Å². The maximum Gasteiger partial charge on any atom is 0.178 e. The third-order valence-corrected chi connectivity index (χ3v) is 7.95. The number of aromatic amines is 2. The van der Waals surface area contributed by atoms with Gasteiger partial charge in [-0.05, 0) is 94.5 Å². The molecule has 0 spiro atoms. The molecule has 5 aromatic rings. The largest absolute Gasteiger partial charge is 0.489 e. The summed E-state index contributed by atoms with van der Waals surface area (Å²) in [5.74, 6) is 0.891. The van der Waals surface area contributed by atoms with E-state index < -0.39 is 0 Å². The molecule has 0 saturated carbocycles. The molecule has 6 N–H and O–H groups in total. The molecule has 1 aliphatic heterocycles. The first kappa shape index (κ1) is 30.9. The van der Waals surface area contributed by atoms with E-state index in [9.17, 15) is 4.39 Å². The highest BCUT2D eigenvalue weighted by Crippen LogP contribution is 2.30. The van der Waals surface area contributed by atoms with E-state index in [0.717, 1.165) is 59.7 Å². The van der Waals surface area contributed by atoms with Crippen molar-refractivity contribution in [1.82, 2.24) is 40.3 Å². The van der Waals surface area contributed by atoms with Crippen LogP contribution in [0.5, 0.6) is 5.75 Å². The summed E-state index contributed by atoms with van der Waals surface area (Å²) >= 11 is 0. The first-order valence-corrected chi connectivity index (χ1v) is 15.4. The monoisotopic (exact) mass is 622 g/mol. The molecule has 4 aromatic heterocycles. The van der Waals surface area contributed by atoms with Crippen molar-refractivity contribution < 1.29 is 9.13 Å². The summed E-state index contributed by atoms with van der Waals surface area (Å²) in [6.07, 6.45) is 12.7. The number of hydrogen-bond donors (Lipinski definition) is 5. The van der Waals surface area contributed by atoms with E-state index >= 15 is 0 Å². The molecule has 0 aliphatic carbocycles. The molecule has 1 fully saturated rings. The van der Waals surface area contributed by atoms with Crippen LogP contribution in [-0.2, 0) is 0 Å². The third kappa shape index (κ3) is 6.93. The molecule has 0 amide bonds. The minimum absolute atomic E-state index is 0.152. The number of hydrogen-bond acceptors (Lipinski definition) is 9. The van der Waals surface area contributed by atoms with Crippen molar-refractivity contribution in [3.63, 3.8) is 0 Å². The predicted molar refractivity (Wildman–Crippen MR) is 181 cm³/mol. The number of pyridine rings is 2. The number of fused-ring (bicyclic) bond motifs is 1. The highest BCUT2D eigenvalue weighted by Gasteiger charge is 2.17. The molecular weight excluding hydrogens is 583 g/mol. The summed E-state index contributed by atoms with van der Waals surface area (Å²) in [7, 11) is 4.00. The average molecular weight is 623 g/mol. The minimum Gasteiger partial charge on any atom is -0.489 e. The molecule has 238 valence electrons. The number of anilines is 1. The Balaban J connectivity index is 1.36. The second-order valence-electron chi connectivity index (χ2n) is 11.5. The summed E-state index contributed by atoms with van der Waals surface area (Å²) < 4.78 is 21.0. The van der Waals surface area contributed by atoms with E-state index in [1.807, 2.05) is 51.4 Å². The van der Waals surface area contributed by atoms with Crippen molar-refractivity contribution in [2.75, 3.05) is 45.6 Å². The van der Waals surface area contributed by atoms with Gasteiger partial charge in [-0.15, -0.1) is 0 Å². The van der Waals surface area contributed by atoms with Crippen molar-refractivity contribution in [2.24, 2.45) is 5.73 Å². The summed E-state index contributed by atoms with van der Waals surface area (Å²) in [4.78, 5) is 19.2. The Morgan fingerprint density at radius 2 is 2.02 bits per heavy atom. The smallest absolute Gasteiger partial charge is 0.178 e. The Labute approximate surface area is 266 Å². The number of allylic oxidation sites excluding steroid dienone is 1. The molecule has 5 heterocycles. The number of nitrogens with one attached hydrogen (secondary N) is 4. The number of aromatic nitrogens is 6. The Morgan fingerprint density at radius 3 is 2.80 bits per heavy atom. The fraction of sp³-hybridized carbons (Fsp3) is 0.294. The number of imidazole rings is 1. The molecular formula is C34H39FN10O. The van der Waals surface area contributed by atoms with E-state index in [0.29, 0.717) is 46.2 Å². The Hall–Kier alpha value is -5.07. The van der Waals surface area contributed by atoms with Crippen molar-refractivity contribution >= 4 is 34.6 Å². The van der Waals surface area contributed by atoms with Gasteiger partial charge in [0.1, 0.15) is 23.4 Å². The zero-order valence-electron chi connectivity index (χ0n) is 26.3. The van der Waals surface area contributed by atoms with Crippen LogP contribution in [0.2, 0.25) is 0 Å². The predicted octanol–water partition coefficient (Wildman–Crippen LogP) is 3.23. The normalized spacial score (nSPS) is 15.3. The number of ether oxygens (including phenoxy) is 1. The standard InChI is InChI=1S/C34H39FN10O/c1-4-30-29(16-22(18-36)23-15-27(20-38-19-23)46-26-5-8-37-9-6-26)32(44-43-30)34-41-31-28(7-10-40-33(31)42-34)21-13-24(35)17-25(14-21)39-11-12-45(2)3/h4,7,10,13-20,26,37,39,43H,5-6,8-9,11-12,36H2,1-3H3,(H,40,41,42)/b22-18+,29-16+,30-4-. The topological polar surface area (TPSA) is 146 Å². The van der Waals surface area contributed by atoms with E-state index in [1.165, 1.54) is 12.1 Å². The lowest BCUT2D eigenvalue weighted by Crippen LogP contribution is -2.34. The molecule has 46 heavy (non-hydrogen) atoms. The fourth-order valence-corrected chi connectivity index (χ4v) is 5.58. The molecule has 0 atom stereocenters. The molecule has 1 aromatic carbocycles. The van der Waals surface area contributed by atoms with Gasteiger partial charge in [0.2, 0.25) is 0 Å². The number of likely N-dealkylation sites (N-methyl/N-ethyl adjacent to an activating group) is 1. The summed E-state index contributed by atoms with van der Waals surface area (Å²) in [6, 6.07) is 8.75. The number of halogens is 1. The van der Waals surface area contributed by atoms with Crippen LogP contribution in [0.3, 0.4) is 0 Å². The number of nitrogens with two attached hydrogens (primary N) is 1. The van der Waals surface area contributed by atoms with Crippen LogP contribution in [0, 0.1) is 5.82 Å². The zero-order valence-corrected chi connectivity index (χ0v) is 26.3. The highest BCUT2D eigenvalue weighted by atomic mass is 19.1. The van der Waals surface area contributed by atoms with Gasteiger partial charge >= 0.3 is 0 Å². The van der Waals surface area contributed by atoms with Crippen LogP contribution in [0.1, 0.15) is 25.3 Å². The van der Waals surface area contributed by atoms with Gasteiger partial charge in [-0.2, -0.15) is 5.10 Å². The quantitative estimate of drug-likeness (QED) is 0.159. The Kier molecular flexibility index (Phi) is 9.36. The molecule has 1 saturated heterocycles. The average Bonchev–Trinajstić information content (AvgIpc) is 3.67. The van der Waals surface area contributed by atoms with Crippen LogP contribution in [0.25, 0.3) is 51.5 Å². The fourth-order valence-electron chi connectivity index (χ4n) is 5.58. The second-order valence-corrected chi connectivity index (χ2v) is 11.5. The van der Waals surface area contributed by atoms with Gasteiger partial charge < -0.3 is 31.0 Å². The van der Waals surface area contributed by atoms with Crippen LogP contribution in [0.4, 0.5) is 10.1 Å². The summed E-state index contributed by atoms with van der Waals surface area (Å²) in [6.45, 7) is 5.33. The van der Waals surface area contributed by atoms with Crippen molar-refractivity contribution in [2.45, 2.75) is 25.9 Å². The lowest BCUT2D eigenvalue weighted by atomic mass is 10.0. The zero-order chi connectivity index (χ0) is 32.0. The molecule has 1 aliphatic rings. The molecule has 0 radical (unpaired) electrons. The summed E-state index contributed by atoms with van der Waals surface area (Å²) in [5, 5.41) is 16.0. The highest BCUT2D eigenvalue weighted by molar-refractivity contribution is 5.93. The lowest BCUT2D eigenvalue weighted by molar-refractivity contribution is 0.162. The van der Waals surface area contributed by atoms with Crippen LogP contribution in [0.15, 0.2) is 55.1 Å². The molecule has 0 unspecified atom stereocenters. The number of rotatable bonds is 10. The SMILES string of the molecule is C\C=c1/[nH]nc(-c2nc3nccc(-c4cc(F)cc(NCCN(C)C)c4)c3[nH]2)/c1=C/C(=C\N)c1cncc(OC2CCNCC2)c1. The first-order chi connectivity index (χ1) is 22.4. The number of nitrogens with zero attached hydrogens (tertiary/aromatic N) is 5. The van der Waals surface area contributed by atoms with Gasteiger partial charge in [-0.1, -0.05) is 6.08 Å². The third-order valence-electron chi connectivity index (χ3n) is 7.95. The van der Waals surface area contributed by atoms with Gasteiger partial charge in [-0.3, -0.25) is 10.1 Å². The number of piperidine rings is 1. The van der Waals surface area contributed by atoms with Gasteiger partial charge in [0.15, 0.2) is 11.5 Å². The number of H-pyrrole nitrogens is 2. The molecule has 11 nitrogen and oxygen atoms in total. The lowest BCUT2D eigenvalue weighted by Gasteiger charge is -2.23. The molecule has 12 heteroatoms. The maximum atomic E-state index is 14.8. The van der Waals surface area contributed by atoms with Crippen LogP contribution in [-0.4, -0.2) is 81.4 Å². The van der Waals surface area contributed by atoms with Gasteiger partial charge in [0.05, 0.1) is 17.1 Å². The van der Waals surface area contributed by atoms with Gasteiger partial charge in [-0.25, -0.2) is 14.4 Å².